The number of carbonyl (C=O) groups excluding carboxylic acids is 1. The Bertz CT molecular complexity index is 1270. The van der Waals surface area contributed by atoms with Crippen LogP contribution in [0, 0.1) is 12.3 Å². The summed E-state index contributed by atoms with van der Waals surface area (Å²) in [4.78, 5) is 17.6. The van der Waals surface area contributed by atoms with Gasteiger partial charge in [-0.1, -0.05) is 33.8 Å². The van der Waals surface area contributed by atoms with Crippen LogP contribution in [0.15, 0.2) is 18.2 Å². The van der Waals surface area contributed by atoms with Crippen molar-refractivity contribution in [3.63, 3.8) is 0 Å². The number of halogens is 3. The van der Waals surface area contributed by atoms with E-state index in [4.69, 9.17) is 4.74 Å². The molecular weight excluding hydrogens is 535 g/mol. The van der Waals surface area contributed by atoms with Crippen molar-refractivity contribution >= 4 is 15.7 Å². The lowest BCUT2D eigenvalue weighted by Crippen LogP contribution is -2.43. The number of nitrogens with zero attached hydrogens (tertiary/aromatic N) is 2. The van der Waals surface area contributed by atoms with Gasteiger partial charge in [0.25, 0.3) is 5.91 Å². The number of alkyl halides is 3. The lowest BCUT2D eigenvalue weighted by Gasteiger charge is -2.28. The van der Waals surface area contributed by atoms with Crippen LogP contribution >= 0.6 is 0 Å². The van der Waals surface area contributed by atoms with E-state index in [1.54, 1.807) is 36.6 Å². The van der Waals surface area contributed by atoms with Gasteiger partial charge >= 0.3 is 6.18 Å². The fraction of sp³-hybridized carbons (Fsp3) is 0.630. The van der Waals surface area contributed by atoms with E-state index in [0.717, 1.165) is 20.1 Å². The largest absolute Gasteiger partial charge is 0.496 e. The van der Waals surface area contributed by atoms with E-state index in [1.807, 2.05) is 6.92 Å². The van der Waals surface area contributed by atoms with E-state index < -0.39 is 32.9 Å². The van der Waals surface area contributed by atoms with E-state index >= 15 is 0 Å². The number of carbonyl (C=O) groups is 1. The first-order chi connectivity index (χ1) is 17.9. The van der Waals surface area contributed by atoms with Gasteiger partial charge in [-0.3, -0.25) is 4.79 Å². The minimum atomic E-state index is -4.38. The Balaban J connectivity index is 2.32. The molecule has 0 fully saturated rings. The predicted molar refractivity (Wildman–Crippen MR) is 144 cm³/mol. The summed E-state index contributed by atoms with van der Waals surface area (Å²) in [5.74, 6) is 0.323. The number of sulfone groups is 1. The van der Waals surface area contributed by atoms with Crippen molar-refractivity contribution in [1.82, 2.24) is 14.9 Å². The average molecular weight is 576 g/mol. The third-order valence-electron chi connectivity index (χ3n) is 7.03. The molecule has 1 atom stereocenters. The summed E-state index contributed by atoms with van der Waals surface area (Å²) < 4.78 is 70.4. The van der Waals surface area contributed by atoms with Gasteiger partial charge in [-0.15, -0.1) is 0 Å². The molecule has 1 aromatic heterocycles. The maximum absolute atomic E-state index is 13.5. The zero-order valence-electron chi connectivity index (χ0n) is 23.7. The Morgan fingerprint density at radius 1 is 1.21 bits per heavy atom. The summed E-state index contributed by atoms with van der Waals surface area (Å²) in [6.07, 6.45) is -2.23. The van der Waals surface area contributed by atoms with E-state index in [9.17, 15) is 31.5 Å². The molecule has 220 valence electrons. The van der Waals surface area contributed by atoms with Crippen molar-refractivity contribution in [1.29, 1.82) is 0 Å². The van der Waals surface area contributed by atoms with Crippen molar-refractivity contribution < 1.29 is 36.2 Å². The lowest BCUT2D eigenvalue weighted by atomic mass is 9.84. The molecule has 0 aliphatic carbocycles. The van der Waals surface area contributed by atoms with E-state index in [0.29, 0.717) is 41.4 Å². The molecule has 1 heterocycles. The maximum Gasteiger partial charge on any atom is 0.394 e. The molecule has 12 heteroatoms. The van der Waals surface area contributed by atoms with Crippen LogP contribution in [0.4, 0.5) is 13.2 Å². The van der Waals surface area contributed by atoms with Gasteiger partial charge in [0.15, 0.2) is 0 Å². The molecule has 0 saturated heterocycles. The van der Waals surface area contributed by atoms with E-state index in [-0.39, 0.29) is 37.3 Å². The van der Waals surface area contributed by atoms with Crippen LogP contribution in [0.25, 0.3) is 5.69 Å². The highest BCUT2D eigenvalue weighted by Gasteiger charge is 2.47. The molecule has 0 aliphatic heterocycles. The van der Waals surface area contributed by atoms with Crippen molar-refractivity contribution in [2.24, 2.45) is 5.41 Å². The number of rotatable bonds is 13. The zero-order chi connectivity index (χ0) is 29.8. The van der Waals surface area contributed by atoms with Crippen LogP contribution in [0.2, 0.25) is 0 Å². The molecule has 2 aromatic rings. The molecule has 0 saturated carbocycles. The molecule has 0 radical (unpaired) electrons. The first-order valence-corrected chi connectivity index (χ1v) is 14.9. The van der Waals surface area contributed by atoms with Gasteiger partial charge in [0.05, 0.1) is 29.5 Å². The van der Waals surface area contributed by atoms with Gasteiger partial charge in [-0.05, 0) is 44.2 Å². The monoisotopic (exact) mass is 575 g/mol. The summed E-state index contributed by atoms with van der Waals surface area (Å²) in [5.41, 5.74) is -1.54. The normalized spacial score (nSPS) is 14.2. The molecule has 0 aliphatic rings. The maximum atomic E-state index is 13.5. The Hall–Kier alpha value is -2.60. The molecule has 1 amide bonds. The van der Waals surface area contributed by atoms with Gasteiger partial charge in [-0.25, -0.2) is 13.4 Å². The number of aromatic nitrogens is 2. The second-order valence-electron chi connectivity index (χ2n) is 10.7. The predicted octanol–water partition coefficient (Wildman–Crippen LogP) is 4.58. The van der Waals surface area contributed by atoms with Crippen LogP contribution in [-0.4, -0.2) is 66.4 Å². The van der Waals surface area contributed by atoms with E-state index in [2.05, 4.69) is 10.3 Å². The summed E-state index contributed by atoms with van der Waals surface area (Å²) in [5, 5.41) is 13.6. The van der Waals surface area contributed by atoms with Crippen molar-refractivity contribution in [3.05, 3.63) is 41.0 Å². The highest BCUT2D eigenvalue weighted by Crippen LogP contribution is 2.42. The highest BCUT2D eigenvalue weighted by molar-refractivity contribution is 7.90. The average Bonchev–Trinajstić information content (AvgIpc) is 3.17. The molecule has 8 nitrogen and oxygen atoms in total. The lowest BCUT2D eigenvalue weighted by molar-refractivity contribution is -0.211. The van der Waals surface area contributed by atoms with Gasteiger partial charge < -0.3 is 19.7 Å². The van der Waals surface area contributed by atoms with Crippen molar-refractivity contribution in [2.75, 3.05) is 25.7 Å². The van der Waals surface area contributed by atoms with Gasteiger partial charge in [0.2, 0.25) is 0 Å². The molecule has 2 rings (SSSR count). The molecule has 0 bridgehead atoms. The van der Waals surface area contributed by atoms with Crippen LogP contribution in [0.5, 0.6) is 5.75 Å². The first-order valence-electron chi connectivity index (χ1n) is 12.9. The van der Waals surface area contributed by atoms with Gasteiger partial charge in [0.1, 0.15) is 27.1 Å². The second-order valence-corrected chi connectivity index (χ2v) is 13.0. The fourth-order valence-corrected chi connectivity index (χ4v) is 5.00. The molecule has 39 heavy (non-hydrogen) atoms. The minimum Gasteiger partial charge on any atom is -0.496 e. The molecule has 2 N–H and O–H groups in total. The number of amides is 1. The first kappa shape index (κ1) is 32.6. The molecular formula is C27H40F3N3O5S. The SMILES string of the molecule is CCc1nc(C(=O)NCC(O)(CC)CCCS(C)(=O)=O)c(C)n1-c1ccc(CC(C)(C)C(F)(F)F)c(OC)c1. The molecule has 1 aromatic carbocycles. The smallest absolute Gasteiger partial charge is 0.394 e. The van der Waals surface area contributed by atoms with Crippen LogP contribution in [0.3, 0.4) is 0 Å². The van der Waals surface area contributed by atoms with Gasteiger partial charge in [0, 0.05) is 31.0 Å². The zero-order valence-corrected chi connectivity index (χ0v) is 24.5. The number of hydrogen-bond donors (Lipinski definition) is 2. The number of ether oxygens (including phenoxy) is 1. The minimum absolute atomic E-state index is 0.0530. The fourth-order valence-electron chi connectivity index (χ4n) is 4.33. The third kappa shape index (κ3) is 8.20. The number of aliphatic hydroxyl groups is 1. The molecule has 0 spiro atoms. The summed E-state index contributed by atoms with van der Waals surface area (Å²) >= 11 is 0. The Labute approximate surface area is 228 Å². The van der Waals surface area contributed by atoms with Crippen LogP contribution in [0.1, 0.15) is 74.5 Å². The second kappa shape index (κ2) is 12.3. The molecule has 1 unspecified atom stereocenters. The number of nitrogens with one attached hydrogen (secondary N) is 1. The van der Waals surface area contributed by atoms with Crippen LogP contribution < -0.4 is 10.1 Å². The van der Waals surface area contributed by atoms with Crippen molar-refractivity contribution in [3.8, 4) is 11.4 Å². The summed E-state index contributed by atoms with van der Waals surface area (Å²) in [6, 6.07) is 4.91. The topological polar surface area (TPSA) is 111 Å². The number of benzene rings is 1. The number of imidazole rings is 1. The van der Waals surface area contributed by atoms with Crippen molar-refractivity contribution in [2.45, 2.75) is 78.5 Å². The highest BCUT2D eigenvalue weighted by atomic mass is 32.2. The Kier molecular flexibility index (Phi) is 10.3. The Morgan fingerprint density at radius 3 is 2.36 bits per heavy atom. The quantitative estimate of drug-likeness (QED) is 0.362. The summed E-state index contributed by atoms with van der Waals surface area (Å²) in [6.45, 7) is 7.56. The Morgan fingerprint density at radius 2 is 1.85 bits per heavy atom. The van der Waals surface area contributed by atoms with Gasteiger partial charge in [-0.2, -0.15) is 13.2 Å². The number of aryl methyl sites for hydroxylation is 1. The third-order valence-corrected chi connectivity index (χ3v) is 8.06. The number of hydrogen-bond acceptors (Lipinski definition) is 6. The number of methoxy groups -OCH3 is 1. The van der Waals surface area contributed by atoms with Crippen LogP contribution in [-0.2, 0) is 22.7 Å². The summed E-state index contributed by atoms with van der Waals surface area (Å²) in [7, 11) is -1.76. The van der Waals surface area contributed by atoms with E-state index in [1.165, 1.54) is 7.11 Å². The standard InChI is InChI=1S/C27H40F3N3O5S/c1-8-22-32-23(24(34)31-17-26(35,9-2)13-10-14-39(7,36)37)18(3)33(22)20-12-11-19(21(15-20)38-6)16-25(4,5)27(28,29)30/h11-12,15,35H,8-10,13-14,16-17H2,1-7H3,(H,31,34).